The molecule has 15 heavy (non-hydrogen) atoms. The van der Waals surface area contributed by atoms with Gasteiger partial charge >= 0.3 is 6.09 Å². The first-order valence-electron chi connectivity index (χ1n) is 5.54. The van der Waals surface area contributed by atoms with Crippen LogP contribution in [0.5, 0.6) is 0 Å². The van der Waals surface area contributed by atoms with Crippen LogP contribution in [0.2, 0.25) is 0 Å². The van der Waals surface area contributed by atoms with Gasteiger partial charge in [-0.25, -0.2) is 4.79 Å². The highest BCUT2D eigenvalue weighted by Crippen LogP contribution is 2.19. The summed E-state index contributed by atoms with van der Waals surface area (Å²) in [7, 11) is 1.43. The van der Waals surface area contributed by atoms with Crippen molar-refractivity contribution in [2.24, 2.45) is 11.8 Å². The summed E-state index contributed by atoms with van der Waals surface area (Å²) in [5, 5.41) is 0. The number of nitrogens with zero attached hydrogens (tertiary/aromatic N) is 1. The molecule has 1 saturated heterocycles. The number of hydrogen-bond donors (Lipinski definition) is 2. The minimum absolute atomic E-state index is 0.206. The van der Waals surface area contributed by atoms with Gasteiger partial charge in [0.2, 0.25) is 0 Å². The monoisotopic (exact) mass is 215 g/mol. The summed E-state index contributed by atoms with van der Waals surface area (Å²) in [5.74, 6) is 5.79. The normalized spacial score (nSPS) is 22.3. The fourth-order valence-electron chi connectivity index (χ4n) is 2.05. The molecule has 1 rings (SSSR count). The van der Waals surface area contributed by atoms with Gasteiger partial charge < -0.3 is 9.64 Å². The number of nitrogens with one attached hydrogen (secondary N) is 1. The topological polar surface area (TPSA) is 67.6 Å². The Morgan fingerprint density at radius 3 is 3.07 bits per heavy atom. The van der Waals surface area contributed by atoms with E-state index < -0.39 is 0 Å². The van der Waals surface area contributed by atoms with E-state index in [9.17, 15) is 4.79 Å². The second-order valence-electron chi connectivity index (χ2n) is 4.02. The van der Waals surface area contributed by atoms with Gasteiger partial charge in [0.05, 0.1) is 7.11 Å². The van der Waals surface area contributed by atoms with Crippen molar-refractivity contribution in [2.75, 3.05) is 26.7 Å². The maximum absolute atomic E-state index is 11.4. The van der Waals surface area contributed by atoms with E-state index >= 15 is 0 Å². The first-order chi connectivity index (χ1) is 7.27. The molecule has 0 radical (unpaired) electrons. The molecule has 1 amide bonds. The van der Waals surface area contributed by atoms with Crippen LogP contribution in [0, 0.1) is 5.92 Å². The number of hydrazine groups is 1. The second-order valence-corrected chi connectivity index (χ2v) is 4.02. The number of hydrogen-bond acceptors (Lipinski definition) is 4. The van der Waals surface area contributed by atoms with E-state index in [0.29, 0.717) is 5.92 Å². The fourth-order valence-corrected chi connectivity index (χ4v) is 2.05. The van der Waals surface area contributed by atoms with Crippen molar-refractivity contribution >= 4 is 6.09 Å². The van der Waals surface area contributed by atoms with Crippen LogP contribution >= 0.6 is 0 Å². The maximum Gasteiger partial charge on any atom is 0.409 e. The van der Waals surface area contributed by atoms with E-state index in [1.807, 2.05) is 0 Å². The van der Waals surface area contributed by atoms with Crippen molar-refractivity contribution in [3.05, 3.63) is 0 Å². The zero-order valence-electron chi connectivity index (χ0n) is 9.37. The third-order valence-electron chi connectivity index (χ3n) is 2.90. The Kier molecular flexibility index (Phi) is 5.42. The number of methoxy groups -OCH3 is 1. The Hall–Kier alpha value is -0.810. The quantitative estimate of drug-likeness (QED) is 0.537. The zero-order valence-corrected chi connectivity index (χ0v) is 9.37. The summed E-state index contributed by atoms with van der Waals surface area (Å²) in [5.41, 5.74) is 2.66. The number of ether oxygens (including phenoxy) is 1. The van der Waals surface area contributed by atoms with Gasteiger partial charge in [0.1, 0.15) is 0 Å². The number of nitrogens with two attached hydrogens (primary N) is 1. The van der Waals surface area contributed by atoms with Crippen molar-refractivity contribution in [3.63, 3.8) is 0 Å². The summed E-state index contributed by atoms with van der Waals surface area (Å²) >= 11 is 0. The highest BCUT2D eigenvalue weighted by atomic mass is 16.5. The van der Waals surface area contributed by atoms with Crippen LogP contribution in [0.1, 0.15) is 25.7 Å². The Morgan fingerprint density at radius 1 is 1.60 bits per heavy atom. The molecule has 0 bridgehead atoms. The molecule has 3 N–H and O–H groups in total. The SMILES string of the molecule is COC(=O)N1CCCCC(CCNN)C1. The van der Waals surface area contributed by atoms with Crippen LogP contribution in [0.4, 0.5) is 4.79 Å². The fraction of sp³-hybridized carbons (Fsp3) is 0.900. The highest BCUT2D eigenvalue weighted by molar-refractivity contribution is 5.67. The highest BCUT2D eigenvalue weighted by Gasteiger charge is 2.21. The lowest BCUT2D eigenvalue weighted by molar-refractivity contribution is 0.119. The van der Waals surface area contributed by atoms with Crippen LogP contribution in [-0.2, 0) is 4.74 Å². The molecular formula is C10H21N3O2. The van der Waals surface area contributed by atoms with Crippen LogP contribution in [0.25, 0.3) is 0 Å². The molecule has 88 valence electrons. The van der Waals surface area contributed by atoms with E-state index in [2.05, 4.69) is 5.43 Å². The average Bonchev–Trinajstić information content (AvgIpc) is 2.50. The number of carbonyl (C=O) groups is 1. The minimum Gasteiger partial charge on any atom is -0.453 e. The molecule has 1 unspecified atom stereocenters. The maximum atomic E-state index is 11.4. The molecule has 0 saturated carbocycles. The van der Waals surface area contributed by atoms with E-state index in [4.69, 9.17) is 10.6 Å². The lowest BCUT2D eigenvalue weighted by Crippen LogP contribution is -2.35. The van der Waals surface area contributed by atoms with Crippen LogP contribution < -0.4 is 11.3 Å². The summed E-state index contributed by atoms with van der Waals surface area (Å²) < 4.78 is 4.74. The van der Waals surface area contributed by atoms with Gasteiger partial charge in [-0.05, 0) is 25.2 Å². The van der Waals surface area contributed by atoms with Gasteiger partial charge in [0.25, 0.3) is 0 Å². The smallest absolute Gasteiger partial charge is 0.409 e. The molecular weight excluding hydrogens is 194 g/mol. The summed E-state index contributed by atoms with van der Waals surface area (Å²) in [6.45, 7) is 2.42. The first-order valence-corrected chi connectivity index (χ1v) is 5.54. The Balaban J connectivity index is 2.42. The number of amides is 1. The van der Waals surface area contributed by atoms with Crippen molar-refractivity contribution in [1.82, 2.24) is 10.3 Å². The van der Waals surface area contributed by atoms with Crippen LogP contribution in [-0.4, -0.2) is 37.7 Å². The lowest BCUT2D eigenvalue weighted by Gasteiger charge is -2.22. The Labute approximate surface area is 90.9 Å². The molecule has 1 atom stereocenters. The Bertz CT molecular complexity index is 199. The third kappa shape index (κ3) is 4.05. The lowest BCUT2D eigenvalue weighted by atomic mass is 10.00. The van der Waals surface area contributed by atoms with Gasteiger partial charge in [0, 0.05) is 19.6 Å². The van der Waals surface area contributed by atoms with Crippen LogP contribution in [0.15, 0.2) is 0 Å². The second kappa shape index (κ2) is 6.63. The molecule has 0 aromatic rings. The zero-order chi connectivity index (χ0) is 11.1. The number of carbonyl (C=O) groups excluding carboxylic acids is 1. The predicted molar refractivity (Wildman–Crippen MR) is 58.1 cm³/mol. The molecule has 1 heterocycles. The van der Waals surface area contributed by atoms with E-state index in [1.165, 1.54) is 20.0 Å². The van der Waals surface area contributed by atoms with Crippen molar-refractivity contribution in [3.8, 4) is 0 Å². The van der Waals surface area contributed by atoms with E-state index in [1.54, 1.807) is 4.90 Å². The standard InChI is InChI=1S/C10H21N3O2/c1-15-10(14)13-7-3-2-4-9(8-13)5-6-12-11/h9,12H,2-8,11H2,1H3. The van der Waals surface area contributed by atoms with Crippen LogP contribution in [0.3, 0.4) is 0 Å². The van der Waals surface area contributed by atoms with Gasteiger partial charge in [-0.3, -0.25) is 11.3 Å². The third-order valence-corrected chi connectivity index (χ3v) is 2.90. The van der Waals surface area contributed by atoms with Gasteiger partial charge in [-0.1, -0.05) is 6.42 Å². The predicted octanol–water partition coefficient (Wildman–Crippen LogP) is 0.708. The summed E-state index contributed by atoms with van der Waals surface area (Å²) in [4.78, 5) is 13.2. The summed E-state index contributed by atoms with van der Waals surface area (Å²) in [6, 6.07) is 0. The molecule has 0 aromatic carbocycles. The molecule has 1 aliphatic heterocycles. The van der Waals surface area contributed by atoms with Crippen molar-refractivity contribution in [2.45, 2.75) is 25.7 Å². The molecule has 0 aromatic heterocycles. The molecule has 5 heteroatoms. The van der Waals surface area contributed by atoms with E-state index in [-0.39, 0.29) is 6.09 Å². The van der Waals surface area contributed by atoms with Crippen molar-refractivity contribution < 1.29 is 9.53 Å². The average molecular weight is 215 g/mol. The molecule has 1 aliphatic rings. The summed E-state index contributed by atoms with van der Waals surface area (Å²) in [6.07, 6.45) is 4.24. The van der Waals surface area contributed by atoms with Gasteiger partial charge in [-0.2, -0.15) is 0 Å². The largest absolute Gasteiger partial charge is 0.453 e. The molecule has 0 spiro atoms. The molecule has 1 fully saturated rings. The Morgan fingerprint density at radius 2 is 2.40 bits per heavy atom. The van der Waals surface area contributed by atoms with Gasteiger partial charge in [-0.15, -0.1) is 0 Å². The van der Waals surface area contributed by atoms with Crippen molar-refractivity contribution in [1.29, 1.82) is 0 Å². The number of rotatable bonds is 3. The molecule has 5 nitrogen and oxygen atoms in total. The molecule has 0 aliphatic carbocycles. The van der Waals surface area contributed by atoms with Gasteiger partial charge in [0.15, 0.2) is 0 Å². The minimum atomic E-state index is -0.206. The number of likely N-dealkylation sites (tertiary alicyclic amines) is 1. The van der Waals surface area contributed by atoms with E-state index in [0.717, 1.165) is 32.5 Å². The first kappa shape index (κ1) is 12.3.